The molecule has 0 aromatic heterocycles. The van der Waals surface area contributed by atoms with Crippen molar-refractivity contribution in [3.63, 3.8) is 0 Å². The highest BCUT2D eigenvalue weighted by Gasteiger charge is 2.03. The number of ether oxygens (including phenoxy) is 2. The van der Waals surface area contributed by atoms with Gasteiger partial charge in [-0.1, -0.05) is 34.1 Å². The van der Waals surface area contributed by atoms with Crippen molar-refractivity contribution in [2.75, 3.05) is 7.11 Å². The summed E-state index contributed by atoms with van der Waals surface area (Å²) >= 11 is 5.66. The van der Waals surface area contributed by atoms with Gasteiger partial charge in [-0.25, -0.2) is 4.79 Å². The molecule has 2 rings (SSSR count). The number of methoxy groups -OCH3 is 1. The molecule has 0 radical (unpaired) electrons. The maximum absolute atomic E-state index is 11.1. The minimum Gasteiger partial charge on any atom is -0.488 e. The number of esters is 1. The third kappa shape index (κ3) is 5.14. The van der Waals surface area contributed by atoms with Gasteiger partial charge in [-0.2, -0.15) is 0 Å². The lowest BCUT2D eigenvalue weighted by Crippen LogP contribution is -1.97. The van der Waals surface area contributed by atoms with E-state index in [4.69, 9.17) is 4.74 Å². The second kappa shape index (κ2) is 8.33. The fourth-order valence-electron chi connectivity index (χ4n) is 1.76. The molecule has 114 valence electrons. The second-order valence-electron chi connectivity index (χ2n) is 4.46. The fraction of sp³-hybridized carbons (Fsp3) is 0.118. The largest absolute Gasteiger partial charge is 0.488 e. The Labute approximate surface area is 151 Å². The highest BCUT2D eigenvalue weighted by molar-refractivity contribution is 14.1. The molecule has 0 aliphatic heterocycles. The van der Waals surface area contributed by atoms with Crippen LogP contribution in [0.4, 0.5) is 0 Å². The Morgan fingerprint density at radius 3 is 2.77 bits per heavy atom. The van der Waals surface area contributed by atoms with Gasteiger partial charge in [-0.05, 0) is 64.1 Å². The molecule has 0 unspecified atom stereocenters. The molecule has 0 saturated heterocycles. The molecule has 0 spiro atoms. The van der Waals surface area contributed by atoms with Gasteiger partial charge >= 0.3 is 5.97 Å². The Hall–Kier alpha value is -1.34. The molecule has 22 heavy (non-hydrogen) atoms. The number of carbonyl (C=O) groups is 1. The summed E-state index contributed by atoms with van der Waals surface area (Å²) in [6.45, 7) is 0.507. The lowest BCUT2D eigenvalue weighted by Gasteiger charge is -2.09. The van der Waals surface area contributed by atoms with Crippen molar-refractivity contribution in [3.8, 4) is 5.75 Å². The van der Waals surface area contributed by atoms with Crippen LogP contribution in [0.25, 0.3) is 6.08 Å². The van der Waals surface area contributed by atoms with Gasteiger partial charge in [-0.15, -0.1) is 0 Å². The predicted octanol–water partition coefficient (Wildman–Crippen LogP) is 4.82. The van der Waals surface area contributed by atoms with Gasteiger partial charge in [0, 0.05) is 10.5 Å². The summed E-state index contributed by atoms with van der Waals surface area (Å²) in [5.74, 6) is 0.445. The van der Waals surface area contributed by atoms with E-state index < -0.39 is 0 Å². The SMILES string of the molecule is COC(=O)/C=C/c1ccc(OCc2cccc(Br)c2)c(I)c1. The van der Waals surface area contributed by atoms with Crippen molar-refractivity contribution in [1.82, 2.24) is 0 Å². The van der Waals surface area contributed by atoms with Crippen LogP contribution in [0.2, 0.25) is 0 Å². The van der Waals surface area contributed by atoms with E-state index in [1.54, 1.807) is 6.08 Å². The molecule has 3 nitrogen and oxygen atoms in total. The number of rotatable bonds is 5. The van der Waals surface area contributed by atoms with E-state index in [0.717, 1.165) is 24.9 Å². The molecule has 2 aromatic carbocycles. The molecule has 2 aromatic rings. The van der Waals surface area contributed by atoms with Crippen LogP contribution in [-0.2, 0) is 16.1 Å². The molecule has 0 aliphatic rings. The smallest absolute Gasteiger partial charge is 0.330 e. The standard InChI is InChI=1S/C17H14BrIO3/c1-21-17(20)8-6-12-5-7-16(15(19)10-12)22-11-13-3-2-4-14(18)9-13/h2-10H,11H2,1H3/b8-6+. The topological polar surface area (TPSA) is 35.5 Å². The molecule has 0 heterocycles. The number of carbonyl (C=O) groups excluding carboxylic acids is 1. The fourth-order valence-corrected chi connectivity index (χ4v) is 2.90. The molecule has 0 fully saturated rings. The zero-order chi connectivity index (χ0) is 15.9. The third-order valence-corrected chi connectivity index (χ3v) is 4.19. The van der Waals surface area contributed by atoms with Crippen LogP contribution < -0.4 is 4.74 Å². The summed E-state index contributed by atoms with van der Waals surface area (Å²) in [5, 5.41) is 0. The van der Waals surface area contributed by atoms with E-state index in [0.29, 0.717) is 6.61 Å². The summed E-state index contributed by atoms with van der Waals surface area (Å²) in [4.78, 5) is 11.1. The Balaban J connectivity index is 2.03. The van der Waals surface area contributed by atoms with Gasteiger partial charge < -0.3 is 9.47 Å². The van der Waals surface area contributed by atoms with Gasteiger partial charge in [-0.3, -0.25) is 0 Å². The van der Waals surface area contributed by atoms with Crippen LogP contribution >= 0.6 is 38.5 Å². The van der Waals surface area contributed by atoms with E-state index in [9.17, 15) is 4.79 Å². The van der Waals surface area contributed by atoms with Gasteiger partial charge in [0.2, 0.25) is 0 Å². The maximum Gasteiger partial charge on any atom is 0.330 e. The van der Waals surface area contributed by atoms with E-state index >= 15 is 0 Å². The average Bonchev–Trinajstić information content (AvgIpc) is 2.51. The number of halogens is 2. The van der Waals surface area contributed by atoms with Crippen molar-refractivity contribution < 1.29 is 14.3 Å². The van der Waals surface area contributed by atoms with Crippen LogP contribution in [0.5, 0.6) is 5.75 Å². The van der Waals surface area contributed by atoms with E-state index in [2.05, 4.69) is 43.3 Å². The molecular formula is C17H14BrIO3. The highest BCUT2D eigenvalue weighted by atomic mass is 127. The first-order valence-electron chi connectivity index (χ1n) is 6.51. The van der Waals surface area contributed by atoms with Crippen LogP contribution in [-0.4, -0.2) is 13.1 Å². The first-order valence-corrected chi connectivity index (χ1v) is 8.38. The van der Waals surface area contributed by atoms with E-state index in [1.165, 1.54) is 13.2 Å². The number of hydrogen-bond donors (Lipinski definition) is 0. The number of benzene rings is 2. The summed E-state index contributed by atoms with van der Waals surface area (Å²) in [6.07, 6.45) is 3.11. The highest BCUT2D eigenvalue weighted by Crippen LogP contribution is 2.24. The van der Waals surface area contributed by atoms with Crippen LogP contribution in [0.3, 0.4) is 0 Å². The normalized spacial score (nSPS) is 10.7. The van der Waals surface area contributed by atoms with Crippen molar-refractivity contribution in [1.29, 1.82) is 0 Å². The Morgan fingerprint density at radius 1 is 1.27 bits per heavy atom. The van der Waals surface area contributed by atoms with Gasteiger partial charge in [0.1, 0.15) is 12.4 Å². The lowest BCUT2D eigenvalue weighted by molar-refractivity contribution is -0.134. The molecule has 0 bridgehead atoms. The summed E-state index contributed by atoms with van der Waals surface area (Å²) in [6, 6.07) is 13.8. The predicted molar refractivity (Wildman–Crippen MR) is 98.7 cm³/mol. The molecule has 0 amide bonds. The van der Waals surface area contributed by atoms with Gasteiger partial charge in [0.15, 0.2) is 0 Å². The average molecular weight is 473 g/mol. The zero-order valence-electron chi connectivity index (χ0n) is 11.9. The van der Waals surface area contributed by atoms with Gasteiger partial charge in [0.05, 0.1) is 10.7 Å². The van der Waals surface area contributed by atoms with E-state index in [-0.39, 0.29) is 5.97 Å². The Bertz CT molecular complexity index is 698. The summed E-state index contributed by atoms with van der Waals surface area (Å²) in [7, 11) is 1.36. The molecule has 5 heteroatoms. The van der Waals surface area contributed by atoms with Crippen LogP contribution in [0, 0.1) is 3.57 Å². The first kappa shape index (κ1) is 17.0. The van der Waals surface area contributed by atoms with Crippen LogP contribution in [0.15, 0.2) is 53.0 Å². The number of hydrogen-bond acceptors (Lipinski definition) is 3. The van der Waals surface area contributed by atoms with Crippen molar-refractivity contribution in [2.45, 2.75) is 6.61 Å². The third-order valence-electron chi connectivity index (χ3n) is 2.85. The van der Waals surface area contributed by atoms with Crippen molar-refractivity contribution in [2.24, 2.45) is 0 Å². The lowest BCUT2D eigenvalue weighted by atomic mass is 10.2. The molecule has 0 aliphatic carbocycles. The van der Waals surface area contributed by atoms with Gasteiger partial charge in [0.25, 0.3) is 0 Å². The molecule has 0 atom stereocenters. The Morgan fingerprint density at radius 2 is 2.09 bits per heavy atom. The van der Waals surface area contributed by atoms with Crippen molar-refractivity contribution >= 4 is 50.6 Å². The van der Waals surface area contributed by atoms with Crippen molar-refractivity contribution in [3.05, 3.63) is 67.7 Å². The maximum atomic E-state index is 11.1. The zero-order valence-corrected chi connectivity index (χ0v) is 15.6. The second-order valence-corrected chi connectivity index (χ2v) is 6.54. The summed E-state index contributed by atoms with van der Waals surface area (Å²) in [5.41, 5.74) is 2.02. The minimum atomic E-state index is -0.370. The molecule has 0 saturated carbocycles. The molecular weight excluding hydrogens is 459 g/mol. The summed E-state index contributed by atoms with van der Waals surface area (Å²) < 4.78 is 12.4. The van der Waals surface area contributed by atoms with Crippen LogP contribution in [0.1, 0.15) is 11.1 Å². The Kier molecular flexibility index (Phi) is 6.45. The monoisotopic (exact) mass is 472 g/mol. The molecule has 0 N–H and O–H groups in total. The first-order chi connectivity index (χ1) is 10.6. The minimum absolute atomic E-state index is 0.370. The van der Waals surface area contributed by atoms with E-state index in [1.807, 2.05) is 42.5 Å². The quantitative estimate of drug-likeness (QED) is 0.355.